The van der Waals surface area contributed by atoms with E-state index in [1.165, 1.54) is 0 Å². The molecular formula is C31H37N3O3. The van der Waals surface area contributed by atoms with Gasteiger partial charge in [-0.05, 0) is 39.7 Å². The Labute approximate surface area is 219 Å². The molecule has 0 spiro atoms. The van der Waals surface area contributed by atoms with Crippen LogP contribution in [0, 0.1) is 0 Å². The topological polar surface area (TPSA) is 90.8 Å². The van der Waals surface area contributed by atoms with Crippen LogP contribution in [0.25, 0.3) is 0 Å². The molecule has 0 radical (unpaired) electrons. The molecule has 37 heavy (non-hydrogen) atoms. The Balaban J connectivity index is 1.70. The predicted octanol–water partition coefficient (Wildman–Crippen LogP) is 5.39. The van der Waals surface area contributed by atoms with Gasteiger partial charge < -0.3 is 10.4 Å². The Morgan fingerprint density at radius 3 is 1.73 bits per heavy atom. The second kappa shape index (κ2) is 11.4. The van der Waals surface area contributed by atoms with Crippen molar-refractivity contribution < 1.29 is 14.7 Å². The monoisotopic (exact) mass is 499 g/mol. The van der Waals surface area contributed by atoms with E-state index in [0.29, 0.717) is 0 Å². The number of carbonyl (C=O) groups is 2. The summed E-state index contributed by atoms with van der Waals surface area (Å²) in [6, 6.07) is 22.7. The summed E-state index contributed by atoms with van der Waals surface area (Å²) in [6.07, 6.45) is 1.56. The maximum atomic E-state index is 13.1. The summed E-state index contributed by atoms with van der Waals surface area (Å²) >= 11 is 0. The molecule has 6 heteroatoms. The minimum Gasteiger partial charge on any atom is -0.507 e. The van der Waals surface area contributed by atoms with Gasteiger partial charge in [0, 0.05) is 11.1 Å². The van der Waals surface area contributed by atoms with Crippen LogP contribution >= 0.6 is 0 Å². The number of nitrogens with zero attached hydrogens (tertiary/aromatic N) is 1. The largest absolute Gasteiger partial charge is 0.507 e. The molecular weight excluding hydrogens is 462 g/mol. The number of hydrazone groups is 1. The zero-order chi connectivity index (χ0) is 27.2. The van der Waals surface area contributed by atoms with Gasteiger partial charge in [-0.2, -0.15) is 5.10 Å². The second-order valence-electron chi connectivity index (χ2n) is 11.2. The maximum Gasteiger partial charge on any atom is 0.259 e. The highest BCUT2D eigenvalue weighted by molar-refractivity contribution is 5.91. The molecule has 0 atom stereocenters. The lowest BCUT2D eigenvalue weighted by molar-refractivity contribution is -0.126. The number of nitrogens with one attached hydrogen (secondary N) is 2. The molecule has 3 aromatic rings. The van der Waals surface area contributed by atoms with Gasteiger partial charge in [0.2, 0.25) is 5.91 Å². The zero-order valence-electron chi connectivity index (χ0n) is 22.5. The van der Waals surface area contributed by atoms with Crippen LogP contribution in [0.4, 0.5) is 0 Å². The van der Waals surface area contributed by atoms with E-state index in [1.807, 2.05) is 114 Å². The van der Waals surface area contributed by atoms with Crippen molar-refractivity contribution in [2.24, 2.45) is 5.10 Å². The molecule has 0 saturated carbocycles. The summed E-state index contributed by atoms with van der Waals surface area (Å²) in [4.78, 5) is 25.5. The van der Waals surface area contributed by atoms with Gasteiger partial charge >= 0.3 is 0 Å². The number of rotatable bonds is 7. The third-order valence-corrected chi connectivity index (χ3v) is 6.10. The van der Waals surface area contributed by atoms with Crippen LogP contribution in [-0.2, 0) is 20.4 Å². The fourth-order valence-corrected chi connectivity index (χ4v) is 4.15. The van der Waals surface area contributed by atoms with E-state index >= 15 is 0 Å². The van der Waals surface area contributed by atoms with Crippen molar-refractivity contribution in [3.8, 4) is 5.75 Å². The number of aromatic hydroxyl groups is 1. The van der Waals surface area contributed by atoms with Gasteiger partial charge in [0.1, 0.15) is 5.75 Å². The molecule has 0 unspecified atom stereocenters. The lowest BCUT2D eigenvalue weighted by Crippen LogP contribution is -2.37. The molecule has 3 rings (SSSR count). The van der Waals surface area contributed by atoms with E-state index in [2.05, 4.69) is 15.8 Å². The van der Waals surface area contributed by atoms with Crippen LogP contribution in [0.3, 0.4) is 0 Å². The van der Waals surface area contributed by atoms with Crippen LogP contribution in [0.5, 0.6) is 5.75 Å². The summed E-state index contributed by atoms with van der Waals surface area (Å²) in [7, 11) is 0. The van der Waals surface area contributed by atoms with Gasteiger partial charge in [-0.15, -0.1) is 0 Å². The van der Waals surface area contributed by atoms with Gasteiger partial charge in [0.05, 0.1) is 18.7 Å². The van der Waals surface area contributed by atoms with E-state index in [4.69, 9.17) is 0 Å². The third-order valence-electron chi connectivity index (χ3n) is 6.10. The average Bonchev–Trinajstić information content (AvgIpc) is 2.83. The first kappa shape index (κ1) is 27.7. The summed E-state index contributed by atoms with van der Waals surface area (Å²) in [6.45, 7) is 12.0. The lowest BCUT2D eigenvalue weighted by atomic mass is 9.78. The van der Waals surface area contributed by atoms with Gasteiger partial charge in [-0.25, -0.2) is 5.43 Å². The van der Waals surface area contributed by atoms with Gasteiger partial charge in [0.25, 0.3) is 5.91 Å². The fourth-order valence-electron chi connectivity index (χ4n) is 4.15. The second-order valence-corrected chi connectivity index (χ2v) is 11.2. The van der Waals surface area contributed by atoms with Gasteiger partial charge in [-0.3, -0.25) is 9.59 Å². The summed E-state index contributed by atoms with van der Waals surface area (Å²) in [5.74, 6) is -0.937. The Morgan fingerprint density at radius 2 is 1.30 bits per heavy atom. The van der Waals surface area contributed by atoms with E-state index in [9.17, 15) is 14.7 Å². The Kier molecular flexibility index (Phi) is 8.53. The lowest BCUT2D eigenvalue weighted by Gasteiger charge is -2.27. The Morgan fingerprint density at radius 1 is 0.838 bits per heavy atom. The molecule has 194 valence electrons. The van der Waals surface area contributed by atoms with E-state index in [0.717, 1.165) is 27.8 Å². The number of phenolic OH excluding ortho intramolecular Hbond substituents is 1. The minimum atomic E-state index is -0.526. The van der Waals surface area contributed by atoms with Gasteiger partial charge in [-0.1, -0.05) is 102 Å². The predicted molar refractivity (Wildman–Crippen MR) is 149 cm³/mol. The van der Waals surface area contributed by atoms with Crippen molar-refractivity contribution in [2.75, 3.05) is 6.54 Å². The van der Waals surface area contributed by atoms with Crippen LogP contribution in [-0.4, -0.2) is 29.7 Å². The molecule has 0 aliphatic heterocycles. The first-order chi connectivity index (χ1) is 17.4. The Hall–Kier alpha value is -3.93. The molecule has 0 aliphatic carbocycles. The molecule has 0 aromatic heterocycles. The Bertz CT molecular complexity index is 1180. The molecule has 0 heterocycles. The standard InChI is InChI=1S/C31H37N3O3/c1-30(2,3)24-17-21(18-25(28(24)36)31(4,5)6)19-33-34-26(35)20-32-29(37)27(22-13-9-7-10-14-22)23-15-11-8-12-16-23/h7-19,27,36H,20H2,1-6H3,(H,32,37)(H,34,35). The van der Waals surface area contributed by atoms with Crippen molar-refractivity contribution in [1.82, 2.24) is 10.7 Å². The fraction of sp³-hybridized carbons (Fsp3) is 0.323. The molecule has 0 aliphatic rings. The first-order valence-electron chi connectivity index (χ1n) is 12.5. The molecule has 0 saturated heterocycles. The van der Waals surface area contributed by atoms with Crippen LogP contribution in [0.1, 0.15) is 75.3 Å². The smallest absolute Gasteiger partial charge is 0.259 e. The van der Waals surface area contributed by atoms with Crippen LogP contribution in [0.2, 0.25) is 0 Å². The van der Waals surface area contributed by atoms with Gasteiger partial charge in [0.15, 0.2) is 0 Å². The van der Waals surface area contributed by atoms with E-state index in [-0.39, 0.29) is 29.0 Å². The average molecular weight is 500 g/mol. The quantitative estimate of drug-likeness (QED) is 0.301. The normalized spacial score (nSPS) is 12.1. The van der Waals surface area contributed by atoms with Crippen LogP contribution < -0.4 is 10.7 Å². The molecule has 3 aromatic carbocycles. The highest BCUT2D eigenvalue weighted by Gasteiger charge is 2.26. The number of phenols is 1. The molecule has 0 bridgehead atoms. The third kappa shape index (κ3) is 7.29. The number of amides is 2. The van der Waals surface area contributed by atoms with Crippen LogP contribution in [0.15, 0.2) is 77.9 Å². The molecule has 0 fully saturated rings. The first-order valence-corrected chi connectivity index (χ1v) is 12.5. The number of hydrogen-bond donors (Lipinski definition) is 3. The molecule has 3 N–H and O–H groups in total. The summed E-state index contributed by atoms with van der Waals surface area (Å²) in [5, 5.41) is 17.7. The molecule has 2 amide bonds. The maximum absolute atomic E-state index is 13.1. The van der Waals surface area contributed by atoms with Crippen molar-refractivity contribution >= 4 is 18.0 Å². The van der Waals surface area contributed by atoms with Crippen molar-refractivity contribution in [2.45, 2.75) is 58.3 Å². The highest BCUT2D eigenvalue weighted by atomic mass is 16.3. The SMILES string of the molecule is CC(C)(C)c1cc(C=NNC(=O)CNC(=O)C(c2ccccc2)c2ccccc2)cc(C(C)(C)C)c1O. The van der Waals surface area contributed by atoms with Crippen molar-refractivity contribution in [3.05, 3.63) is 101 Å². The number of benzene rings is 3. The van der Waals surface area contributed by atoms with Crippen molar-refractivity contribution in [1.29, 1.82) is 0 Å². The summed E-state index contributed by atoms with van der Waals surface area (Å²) in [5.41, 5.74) is 6.04. The molecule has 6 nitrogen and oxygen atoms in total. The van der Waals surface area contributed by atoms with Crippen molar-refractivity contribution in [3.63, 3.8) is 0 Å². The van der Waals surface area contributed by atoms with E-state index < -0.39 is 11.8 Å². The highest BCUT2D eigenvalue weighted by Crippen LogP contribution is 2.39. The number of hydrogen-bond acceptors (Lipinski definition) is 4. The van der Waals surface area contributed by atoms with E-state index in [1.54, 1.807) is 6.21 Å². The minimum absolute atomic E-state index is 0.206. The summed E-state index contributed by atoms with van der Waals surface area (Å²) < 4.78 is 0. The zero-order valence-corrected chi connectivity index (χ0v) is 22.5. The number of carbonyl (C=O) groups excluding carboxylic acids is 2.